The van der Waals surface area contributed by atoms with Crippen LogP contribution in [0.5, 0.6) is 0 Å². The van der Waals surface area contributed by atoms with E-state index in [2.05, 4.69) is 5.32 Å². The van der Waals surface area contributed by atoms with Crippen molar-refractivity contribution in [3.8, 4) is 0 Å². The summed E-state index contributed by atoms with van der Waals surface area (Å²) >= 11 is 5.73. The van der Waals surface area contributed by atoms with Crippen LogP contribution in [-0.4, -0.2) is 12.5 Å². The van der Waals surface area contributed by atoms with E-state index in [1.807, 2.05) is 12.1 Å². The van der Waals surface area contributed by atoms with Gasteiger partial charge in [-0.1, -0.05) is 23.7 Å². The van der Waals surface area contributed by atoms with E-state index in [0.29, 0.717) is 11.6 Å². The van der Waals surface area contributed by atoms with Crippen molar-refractivity contribution >= 4 is 17.5 Å². The van der Waals surface area contributed by atoms with Crippen molar-refractivity contribution < 1.29 is 4.79 Å². The van der Waals surface area contributed by atoms with Crippen LogP contribution < -0.4 is 11.1 Å². The molecular weight excluding hydrogens is 200 g/mol. The zero-order valence-corrected chi connectivity index (χ0v) is 8.71. The number of nitrogens with one attached hydrogen (secondary N) is 1. The third-order valence-corrected chi connectivity index (χ3v) is 2.12. The van der Waals surface area contributed by atoms with Crippen molar-refractivity contribution in [1.29, 1.82) is 0 Å². The molecule has 0 heterocycles. The number of hydrogen-bond donors (Lipinski definition) is 2. The Bertz CT molecular complexity index is 310. The summed E-state index contributed by atoms with van der Waals surface area (Å²) in [5.74, 6) is -0.0746. The van der Waals surface area contributed by atoms with E-state index in [1.54, 1.807) is 12.1 Å². The van der Waals surface area contributed by atoms with Gasteiger partial charge in [-0.05, 0) is 17.7 Å². The Balaban J connectivity index is 2.56. The van der Waals surface area contributed by atoms with E-state index in [0.717, 1.165) is 5.56 Å². The van der Waals surface area contributed by atoms with Crippen LogP contribution in [0.3, 0.4) is 0 Å². The number of carbonyl (C=O) groups excluding carboxylic acids is 1. The van der Waals surface area contributed by atoms with E-state index < -0.39 is 0 Å². The molecule has 0 saturated heterocycles. The van der Waals surface area contributed by atoms with Crippen LogP contribution in [-0.2, 0) is 4.79 Å². The second-order valence-electron chi connectivity index (χ2n) is 3.10. The predicted octanol–water partition coefficient (Wildman–Crippen LogP) is 1.48. The largest absolute Gasteiger partial charge is 0.354 e. The summed E-state index contributed by atoms with van der Waals surface area (Å²) in [6.45, 7) is 1.91. The zero-order chi connectivity index (χ0) is 10.6. The molecule has 3 nitrogen and oxygen atoms in total. The van der Waals surface area contributed by atoms with Gasteiger partial charge in [-0.15, -0.1) is 0 Å². The summed E-state index contributed by atoms with van der Waals surface area (Å²) in [5, 5.41) is 3.34. The average molecular weight is 213 g/mol. The first-order valence-electron chi connectivity index (χ1n) is 4.35. The summed E-state index contributed by atoms with van der Waals surface area (Å²) in [4.78, 5) is 10.6. The maximum atomic E-state index is 10.6. The molecular formula is C10H13ClN2O. The SMILES string of the molecule is CC(=O)NCC(N)c1ccc(Cl)cc1. The lowest BCUT2D eigenvalue weighted by atomic mass is 10.1. The molecule has 0 bridgehead atoms. The van der Waals surface area contributed by atoms with Crippen molar-refractivity contribution in [3.63, 3.8) is 0 Å². The minimum Gasteiger partial charge on any atom is -0.354 e. The number of rotatable bonds is 3. The summed E-state index contributed by atoms with van der Waals surface area (Å²) in [6, 6.07) is 7.09. The molecule has 1 rings (SSSR count). The fourth-order valence-corrected chi connectivity index (χ4v) is 1.21. The Labute approximate surface area is 88.2 Å². The van der Waals surface area contributed by atoms with Gasteiger partial charge in [-0.25, -0.2) is 0 Å². The standard InChI is InChI=1S/C10H13ClN2O/c1-7(14)13-6-10(12)8-2-4-9(11)5-3-8/h2-5,10H,6,12H2,1H3,(H,13,14). The van der Waals surface area contributed by atoms with Crippen LogP contribution >= 0.6 is 11.6 Å². The molecule has 76 valence electrons. The second kappa shape index (κ2) is 4.98. The van der Waals surface area contributed by atoms with E-state index >= 15 is 0 Å². The van der Waals surface area contributed by atoms with Crippen LogP contribution in [0.1, 0.15) is 18.5 Å². The Morgan fingerprint density at radius 2 is 2.07 bits per heavy atom. The summed E-state index contributed by atoms with van der Waals surface area (Å²) < 4.78 is 0. The quantitative estimate of drug-likeness (QED) is 0.798. The Hall–Kier alpha value is -1.06. The third kappa shape index (κ3) is 3.36. The van der Waals surface area contributed by atoms with Gasteiger partial charge < -0.3 is 11.1 Å². The number of benzene rings is 1. The molecule has 1 atom stereocenters. The number of amides is 1. The first-order valence-corrected chi connectivity index (χ1v) is 4.73. The van der Waals surface area contributed by atoms with Gasteiger partial charge in [-0.2, -0.15) is 0 Å². The van der Waals surface area contributed by atoms with Gasteiger partial charge in [0.25, 0.3) is 0 Å². The normalized spacial score (nSPS) is 12.2. The van der Waals surface area contributed by atoms with Crippen LogP contribution in [0.25, 0.3) is 0 Å². The van der Waals surface area contributed by atoms with E-state index in [9.17, 15) is 4.79 Å². The summed E-state index contributed by atoms with van der Waals surface area (Å²) in [7, 11) is 0. The predicted molar refractivity (Wildman–Crippen MR) is 57.1 cm³/mol. The van der Waals surface area contributed by atoms with Crippen molar-refractivity contribution in [1.82, 2.24) is 5.32 Å². The molecule has 0 spiro atoms. The van der Waals surface area contributed by atoms with Crippen LogP contribution in [0.2, 0.25) is 5.02 Å². The molecule has 4 heteroatoms. The highest BCUT2D eigenvalue weighted by Crippen LogP contribution is 2.13. The molecule has 0 aliphatic rings. The van der Waals surface area contributed by atoms with E-state index in [-0.39, 0.29) is 11.9 Å². The molecule has 0 aliphatic carbocycles. The molecule has 1 amide bonds. The van der Waals surface area contributed by atoms with Crippen LogP contribution in [0.15, 0.2) is 24.3 Å². The maximum absolute atomic E-state index is 10.6. The van der Waals surface area contributed by atoms with Gasteiger partial charge in [0, 0.05) is 24.5 Å². The third-order valence-electron chi connectivity index (χ3n) is 1.87. The number of halogens is 1. The minimum absolute atomic E-state index is 0.0746. The number of hydrogen-bond acceptors (Lipinski definition) is 2. The van der Waals surface area contributed by atoms with E-state index in [4.69, 9.17) is 17.3 Å². The Morgan fingerprint density at radius 1 is 1.50 bits per heavy atom. The molecule has 0 aliphatic heterocycles. The maximum Gasteiger partial charge on any atom is 0.216 e. The Morgan fingerprint density at radius 3 is 2.57 bits per heavy atom. The highest BCUT2D eigenvalue weighted by atomic mass is 35.5. The fraction of sp³-hybridized carbons (Fsp3) is 0.300. The average Bonchev–Trinajstić information content (AvgIpc) is 2.15. The summed E-state index contributed by atoms with van der Waals surface area (Å²) in [5.41, 5.74) is 6.80. The smallest absolute Gasteiger partial charge is 0.216 e. The number of carbonyl (C=O) groups is 1. The van der Waals surface area contributed by atoms with Crippen molar-refractivity contribution in [2.45, 2.75) is 13.0 Å². The van der Waals surface area contributed by atoms with Gasteiger partial charge in [0.2, 0.25) is 5.91 Å². The monoisotopic (exact) mass is 212 g/mol. The van der Waals surface area contributed by atoms with Gasteiger partial charge >= 0.3 is 0 Å². The van der Waals surface area contributed by atoms with Gasteiger partial charge in [0.1, 0.15) is 0 Å². The molecule has 1 aromatic carbocycles. The molecule has 1 aromatic rings. The lowest BCUT2D eigenvalue weighted by molar-refractivity contribution is -0.119. The lowest BCUT2D eigenvalue weighted by Gasteiger charge is -2.12. The number of nitrogens with two attached hydrogens (primary N) is 1. The molecule has 0 saturated carbocycles. The molecule has 0 aromatic heterocycles. The zero-order valence-electron chi connectivity index (χ0n) is 7.96. The van der Waals surface area contributed by atoms with Crippen LogP contribution in [0.4, 0.5) is 0 Å². The highest BCUT2D eigenvalue weighted by Gasteiger charge is 2.05. The topological polar surface area (TPSA) is 55.1 Å². The molecule has 14 heavy (non-hydrogen) atoms. The first-order chi connectivity index (χ1) is 6.59. The van der Waals surface area contributed by atoms with Gasteiger partial charge in [-0.3, -0.25) is 4.79 Å². The van der Waals surface area contributed by atoms with Crippen LogP contribution in [0, 0.1) is 0 Å². The lowest BCUT2D eigenvalue weighted by Crippen LogP contribution is -2.30. The molecule has 3 N–H and O–H groups in total. The minimum atomic E-state index is -0.184. The molecule has 0 radical (unpaired) electrons. The Kier molecular flexibility index (Phi) is 3.92. The van der Waals surface area contributed by atoms with Crippen molar-refractivity contribution in [2.24, 2.45) is 5.73 Å². The first kappa shape index (κ1) is 11.0. The van der Waals surface area contributed by atoms with Crippen molar-refractivity contribution in [2.75, 3.05) is 6.54 Å². The van der Waals surface area contributed by atoms with Gasteiger partial charge in [0.05, 0.1) is 0 Å². The second-order valence-corrected chi connectivity index (χ2v) is 3.53. The summed E-state index contributed by atoms with van der Waals surface area (Å²) in [6.07, 6.45) is 0. The molecule has 0 fully saturated rings. The van der Waals surface area contributed by atoms with Gasteiger partial charge in [0.15, 0.2) is 0 Å². The molecule has 1 unspecified atom stereocenters. The highest BCUT2D eigenvalue weighted by molar-refractivity contribution is 6.30. The van der Waals surface area contributed by atoms with Crippen molar-refractivity contribution in [3.05, 3.63) is 34.9 Å². The fourth-order valence-electron chi connectivity index (χ4n) is 1.08. The van der Waals surface area contributed by atoms with E-state index in [1.165, 1.54) is 6.92 Å².